The van der Waals surface area contributed by atoms with Crippen LogP contribution in [0.1, 0.15) is 87.5 Å². The van der Waals surface area contributed by atoms with E-state index in [1.165, 1.54) is 4.90 Å². The lowest BCUT2D eigenvalue weighted by molar-refractivity contribution is 0.0817. The van der Waals surface area contributed by atoms with Gasteiger partial charge in [-0.25, -0.2) is 4.79 Å². The summed E-state index contributed by atoms with van der Waals surface area (Å²) in [5, 5.41) is 26.9. The molecule has 2 N–H and O–H groups in total. The highest BCUT2D eigenvalue weighted by Crippen LogP contribution is 2.46. The van der Waals surface area contributed by atoms with Crippen molar-refractivity contribution in [2.45, 2.75) is 77.9 Å². The van der Waals surface area contributed by atoms with Gasteiger partial charge in [-0.3, -0.25) is 9.48 Å². The average molecular weight is 464 g/mol. The van der Waals surface area contributed by atoms with Gasteiger partial charge in [0.05, 0.1) is 29.4 Å². The summed E-state index contributed by atoms with van der Waals surface area (Å²) in [5.41, 5.74) is 3.46. The molecular formula is C26H33N5O3. The summed E-state index contributed by atoms with van der Waals surface area (Å²) in [7, 11) is 0. The number of likely N-dealkylation sites (tertiary alicyclic amines) is 1. The van der Waals surface area contributed by atoms with Crippen molar-refractivity contribution >= 4 is 12.0 Å². The molecule has 2 aliphatic rings. The van der Waals surface area contributed by atoms with Crippen LogP contribution in [0.25, 0.3) is 11.3 Å². The number of carbonyl (C=O) groups is 2. The molecule has 2 fully saturated rings. The maximum Gasteiger partial charge on any atom is 0.407 e. The molecule has 0 radical (unpaired) electrons. The number of rotatable bonds is 5. The number of nitrogens with one attached hydrogen (secondary N) is 1. The number of hydrogen-bond donors (Lipinski definition) is 2. The number of carbonyl (C=O) groups excluding carboxylic acids is 1. The van der Waals surface area contributed by atoms with Gasteiger partial charge in [0.25, 0.3) is 5.91 Å². The Bertz CT molecular complexity index is 1130. The van der Waals surface area contributed by atoms with Crippen molar-refractivity contribution in [3.63, 3.8) is 0 Å². The molecule has 2 aromatic rings. The number of amides is 2. The Morgan fingerprint density at radius 1 is 1.18 bits per heavy atom. The number of hydrogen-bond acceptors (Lipinski definition) is 4. The fourth-order valence-corrected chi connectivity index (χ4v) is 5.19. The van der Waals surface area contributed by atoms with Gasteiger partial charge in [0, 0.05) is 23.7 Å². The standard InChI is InChI=1S/C26H33N5O3/c1-15(2)31-22(24(32)28-19-12-13-30(25(33)34)23(19)26(3,4)5)20(17-10-11-17)21(29-31)18-8-6-16(14-27)7-9-18/h6-9,15,17,19,23H,10-13H2,1-5H3,(H,28,32)(H,33,34)/t19-,23?/m1/s1. The predicted molar refractivity (Wildman–Crippen MR) is 129 cm³/mol. The van der Waals surface area contributed by atoms with Crippen molar-refractivity contribution in [1.82, 2.24) is 20.0 Å². The van der Waals surface area contributed by atoms with Crippen LogP contribution >= 0.6 is 0 Å². The summed E-state index contributed by atoms with van der Waals surface area (Å²) < 4.78 is 1.80. The zero-order chi connectivity index (χ0) is 24.8. The second kappa shape index (κ2) is 8.79. The van der Waals surface area contributed by atoms with E-state index in [-0.39, 0.29) is 35.4 Å². The quantitative estimate of drug-likeness (QED) is 0.663. The van der Waals surface area contributed by atoms with Crippen LogP contribution in [0.15, 0.2) is 24.3 Å². The number of nitrogens with zero attached hydrogens (tertiary/aromatic N) is 4. The minimum absolute atomic E-state index is 0.0251. The molecule has 1 aliphatic heterocycles. The second-order valence-corrected chi connectivity index (χ2v) is 10.8. The molecule has 1 aromatic heterocycles. The first-order chi connectivity index (χ1) is 16.0. The molecule has 34 heavy (non-hydrogen) atoms. The van der Waals surface area contributed by atoms with Crippen LogP contribution in [-0.2, 0) is 0 Å². The van der Waals surface area contributed by atoms with Gasteiger partial charge in [-0.2, -0.15) is 10.4 Å². The molecule has 2 atom stereocenters. The van der Waals surface area contributed by atoms with E-state index in [4.69, 9.17) is 10.4 Å². The van der Waals surface area contributed by atoms with Gasteiger partial charge < -0.3 is 15.3 Å². The Kier molecular flexibility index (Phi) is 6.15. The maximum atomic E-state index is 13.8. The highest BCUT2D eigenvalue weighted by molar-refractivity contribution is 5.96. The largest absolute Gasteiger partial charge is 0.465 e. The molecule has 8 nitrogen and oxygen atoms in total. The number of aromatic nitrogens is 2. The van der Waals surface area contributed by atoms with E-state index in [0.29, 0.717) is 24.2 Å². The van der Waals surface area contributed by atoms with Crippen molar-refractivity contribution in [1.29, 1.82) is 5.26 Å². The minimum atomic E-state index is -0.953. The number of nitriles is 1. The molecule has 2 amide bonds. The van der Waals surface area contributed by atoms with Gasteiger partial charge >= 0.3 is 6.09 Å². The zero-order valence-corrected chi connectivity index (χ0v) is 20.5. The van der Waals surface area contributed by atoms with Crippen LogP contribution < -0.4 is 5.32 Å². The molecule has 0 spiro atoms. The summed E-state index contributed by atoms with van der Waals surface area (Å²) in [5.74, 6) is 0.0749. The molecule has 4 rings (SSSR count). The fourth-order valence-electron chi connectivity index (χ4n) is 5.19. The maximum absolute atomic E-state index is 13.8. The summed E-state index contributed by atoms with van der Waals surface area (Å²) in [4.78, 5) is 27.1. The van der Waals surface area contributed by atoms with Crippen molar-refractivity contribution < 1.29 is 14.7 Å². The van der Waals surface area contributed by atoms with Gasteiger partial charge in [-0.1, -0.05) is 32.9 Å². The second-order valence-electron chi connectivity index (χ2n) is 10.8. The molecule has 1 aromatic carbocycles. The Hall–Kier alpha value is -3.34. The van der Waals surface area contributed by atoms with E-state index in [9.17, 15) is 14.7 Å². The molecule has 1 saturated carbocycles. The number of carboxylic acid groups (broad SMARTS) is 1. The summed E-state index contributed by atoms with van der Waals surface area (Å²) in [6, 6.07) is 8.84. The van der Waals surface area contributed by atoms with Crippen LogP contribution in [0.2, 0.25) is 0 Å². The molecule has 1 unspecified atom stereocenters. The van der Waals surface area contributed by atoms with E-state index in [2.05, 4.69) is 11.4 Å². The normalized spacial score (nSPS) is 20.4. The lowest BCUT2D eigenvalue weighted by atomic mass is 9.82. The first-order valence-electron chi connectivity index (χ1n) is 12.0. The van der Waals surface area contributed by atoms with Gasteiger partial charge in [-0.05, 0) is 56.6 Å². The molecule has 180 valence electrons. The Balaban J connectivity index is 1.73. The molecule has 2 heterocycles. The van der Waals surface area contributed by atoms with Crippen molar-refractivity contribution in [2.24, 2.45) is 5.41 Å². The van der Waals surface area contributed by atoms with Crippen molar-refractivity contribution in [3.05, 3.63) is 41.1 Å². The third kappa shape index (κ3) is 4.39. The molecule has 1 saturated heterocycles. The van der Waals surface area contributed by atoms with Gasteiger partial charge in [0.1, 0.15) is 5.69 Å². The summed E-state index contributed by atoms with van der Waals surface area (Å²) >= 11 is 0. The Morgan fingerprint density at radius 2 is 1.82 bits per heavy atom. The van der Waals surface area contributed by atoms with E-state index < -0.39 is 6.09 Å². The Labute approximate surface area is 200 Å². The van der Waals surface area contributed by atoms with E-state index in [1.807, 2.05) is 46.8 Å². The third-order valence-corrected chi connectivity index (χ3v) is 6.77. The first-order valence-corrected chi connectivity index (χ1v) is 12.0. The predicted octanol–water partition coefficient (Wildman–Crippen LogP) is 4.78. The monoisotopic (exact) mass is 463 g/mol. The molecule has 8 heteroatoms. The van der Waals surface area contributed by atoms with Crippen LogP contribution in [0, 0.1) is 16.7 Å². The SMILES string of the molecule is CC(C)n1nc(-c2ccc(C#N)cc2)c(C2CC2)c1C(=O)N[C@@H]1CCN(C(=O)O)C1C(C)(C)C. The Morgan fingerprint density at radius 3 is 2.32 bits per heavy atom. The molecule has 0 bridgehead atoms. The van der Waals surface area contributed by atoms with Crippen LogP contribution in [0.5, 0.6) is 0 Å². The fraction of sp³-hybridized carbons (Fsp3) is 0.538. The van der Waals surface area contributed by atoms with E-state index in [1.54, 1.807) is 16.8 Å². The van der Waals surface area contributed by atoms with Gasteiger partial charge in [0.2, 0.25) is 0 Å². The van der Waals surface area contributed by atoms with Crippen molar-refractivity contribution in [3.8, 4) is 17.3 Å². The number of benzene rings is 1. The minimum Gasteiger partial charge on any atom is -0.465 e. The lowest BCUT2D eigenvalue weighted by Gasteiger charge is -2.37. The van der Waals surface area contributed by atoms with E-state index in [0.717, 1.165) is 29.7 Å². The van der Waals surface area contributed by atoms with Crippen molar-refractivity contribution in [2.75, 3.05) is 6.54 Å². The summed E-state index contributed by atoms with van der Waals surface area (Å²) in [6.07, 6.45) is 1.64. The lowest BCUT2D eigenvalue weighted by Crippen LogP contribution is -2.53. The summed E-state index contributed by atoms with van der Waals surface area (Å²) in [6.45, 7) is 10.4. The molecule has 1 aliphatic carbocycles. The van der Waals surface area contributed by atoms with Crippen LogP contribution in [-0.4, -0.2) is 50.4 Å². The highest BCUT2D eigenvalue weighted by Gasteiger charge is 2.45. The van der Waals surface area contributed by atoms with Gasteiger partial charge in [-0.15, -0.1) is 0 Å². The van der Waals surface area contributed by atoms with Gasteiger partial charge in [0.15, 0.2) is 0 Å². The van der Waals surface area contributed by atoms with Crippen LogP contribution in [0.3, 0.4) is 0 Å². The van der Waals surface area contributed by atoms with Crippen LogP contribution in [0.4, 0.5) is 4.79 Å². The highest BCUT2D eigenvalue weighted by atomic mass is 16.4. The topological polar surface area (TPSA) is 111 Å². The third-order valence-electron chi connectivity index (χ3n) is 6.77. The smallest absolute Gasteiger partial charge is 0.407 e. The first kappa shape index (κ1) is 23.8. The molecular weight excluding hydrogens is 430 g/mol. The zero-order valence-electron chi connectivity index (χ0n) is 20.5. The average Bonchev–Trinajstić information content (AvgIpc) is 3.38. The van der Waals surface area contributed by atoms with E-state index >= 15 is 0 Å².